The zero-order chi connectivity index (χ0) is 11.8. The summed E-state index contributed by atoms with van der Waals surface area (Å²) in [6.07, 6.45) is 5.99. The molecule has 0 radical (unpaired) electrons. The third-order valence-corrected chi connectivity index (χ3v) is 3.57. The van der Waals surface area contributed by atoms with Crippen LogP contribution >= 0.6 is 11.8 Å². The molecular formula is C13H21NOS. The molecule has 1 atom stereocenters. The second-order valence-electron chi connectivity index (χ2n) is 3.90. The van der Waals surface area contributed by atoms with Gasteiger partial charge in [-0.25, -0.2) is 0 Å². The van der Waals surface area contributed by atoms with Crippen molar-refractivity contribution in [2.45, 2.75) is 50.5 Å². The van der Waals surface area contributed by atoms with Gasteiger partial charge in [0.25, 0.3) is 0 Å². The van der Waals surface area contributed by atoms with Gasteiger partial charge in [0.2, 0.25) is 0 Å². The lowest BCUT2D eigenvalue weighted by molar-refractivity contribution is 0.169. The van der Waals surface area contributed by atoms with Crippen molar-refractivity contribution in [3.8, 4) is 0 Å². The normalized spacial score (nSPS) is 12.7. The molecule has 0 fully saturated rings. The summed E-state index contributed by atoms with van der Waals surface area (Å²) in [5.74, 6) is 1.16. The Morgan fingerprint density at radius 3 is 2.69 bits per heavy atom. The van der Waals surface area contributed by atoms with Crippen molar-refractivity contribution in [3.05, 3.63) is 24.0 Å². The van der Waals surface area contributed by atoms with E-state index in [1.165, 1.54) is 24.2 Å². The maximum absolute atomic E-state index is 9.60. The number of aromatic nitrogens is 1. The number of thioether (sulfide) groups is 1. The summed E-state index contributed by atoms with van der Waals surface area (Å²) in [6.45, 7) is 4.17. The molecule has 0 aromatic carbocycles. The molecule has 1 rings (SSSR count). The van der Waals surface area contributed by atoms with E-state index in [2.05, 4.69) is 18.0 Å². The van der Waals surface area contributed by atoms with Gasteiger partial charge in [-0.05, 0) is 30.7 Å². The van der Waals surface area contributed by atoms with Crippen LogP contribution in [0.2, 0.25) is 0 Å². The summed E-state index contributed by atoms with van der Waals surface area (Å²) >= 11 is 1.84. The van der Waals surface area contributed by atoms with Crippen molar-refractivity contribution in [2.75, 3.05) is 5.75 Å². The van der Waals surface area contributed by atoms with Crippen LogP contribution in [0.25, 0.3) is 0 Å². The number of aliphatic hydroxyl groups excluding tert-OH is 1. The Balaban J connectivity index is 2.39. The average molecular weight is 239 g/mol. The third kappa shape index (κ3) is 4.54. The Hall–Kier alpha value is -0.540. The predicted molar refractivity (Wildman–Crippen MR) is 69.7 cm³/mol. The summed E-state index contributed by atoms with van der Waals surface area (Å²) in [5, 5.41) is 9.60. The van der Waals surface area contributed by atoms with Crippen LogP contribution < -0.4 is 0 Å². The molecule has 90 valence electrons. The lowest BCUT2D eigenvalue weighted by Crippen LogP contribution is -1.97. The minimum absolute atomic E-state index is 0.417. The second-order valence-corrected chi connectivity index (χ2v) is 5.07. The van der Waals surface area contributed by atoms with Gasteiger partial charge in [-0.1, -0.05) is 26.7 Å². The van der Waals surface area contributed by atoms with Crippen molar-refractivity contribution < 1.29 is 5.11 Å². The van der Waals surface area contributed by atoms with Gasteiger partial charge in [0.15, 0.2) is 0 Å². The van der Waals surface area contributed by atoms with Crippen LogP contribution in [0.5, 0.6) is 0 Å². The summed E-state index contributed by atoms with van der Waals surface area (Å²) in [4.78, 5) is 5.47. The van der Waals surface area contributed by atoms with Gasteiger partial charge >= 0.3 is 0 Å². The molecule has 0 aliphatic carbocycles. The largest absolute Gasteiger partial charge is 0.387 e. The van der Waals surface area contributed by atoms with E-state index < -0.39 is 6.10 Å². The first-order valence-electron chi connectivity index (χ1n) is 6.04. The van der Waals surface area contributed by atoms with E-state index >= 15 is 0 Å². The fourth-order valence-corrected chi connectivity index (χ4v) is 2.30. The Morgan fingerprint density at radius 1 is 1.31 bits per heavy atom. The molecular weight excluding hydrogens is 218 g/mol. The maximum Gasteiger partial charge on any atom is 0.0957 e. The van der Waals surface area contributed by atoms with Crippen LogP contribution in [0.4, 0.5) is 0 Å². The maximum atomic E-state index is 9.60. The highest BCUT2D eigenvalue weighted by Crippen LogP contribution is 2.21. The first-order valence-corrected chi connectivity index (χ1v) is 7.03. The lowest BCUT2D eigenvalue weighted by atomic mass is 10.2. The van der Waals surface area contributed by atoms with E-state index in [9.17, 15) is 5.11 Å². The van der Waals surface area contributed by atoms with Gasteiger partial charge in [0.05, 0.1) is 11.8 Å². The van der Waals surface area contributed by atoms with E-state index in [1.807, 2.05) is 30.9 Å². The first kappa shape index (κ1) is 13.5. The van der Waals surface area contributed by atoms with Gasteiger partial charge in [-0.2, -0.15) is 0 Å². The summed E-state index contributed by atoms with van der Waals surface area (Å²) in [7, 11) is 0. The quantitative estimate of drug-likeness (QED) is 0.580. The SMILES string of the molecule is CCCCCSc1ccc([C@@H](O)CC)nc1. The van der Waals surface area contributed by atoms with Crippen LogP contribution in [0, 0.1) is 0 Å². The van der Waals surface area contributed by atoms with Crippen LogP contribution in [0.15, 0.2) is 23.2 Å². The number of unbranched alkanes of at least 4 members (excludes halogenated alkanes) is 2. The van der Waals surface area contributed by atoms with Crippen molar-refractivity contribution in [3.63, 3.8) is 0 Å². The van der Waals surface area contributed by atoms with E-state index in [0.29, 0.717) is 0 Å². The smallest absolute Gasteiger partial charge is 0.0957 e. The molecule has 2 nitrogen and oxygen atoms in total. The van der Waals surface area contributed by atoms with E-state index in [0.717, 1.165) is 17.9 Å². The highest BCUT2D eigenvalue weighted by molar-refractivity contribution is 7.99. The van der Waals surface area contributed by atoms with Crippen LogP contribution in [-0.2, 0) is 0 Å². The summed E-state index contributed by atoms with van der Waals surface area (Å²) in [5.41, 5.74) is 0.778. The van der Waals surface area contributed by atoms with Crippen molar-refractivity contribution in [2.24, 2.45) is 0 Å². The molecule has 0 bridgehead atoms. The number of pyridine rings is 1. The van der Waals surface area contributed by atoms with Crippen molar-refractivity contribution in [1.29, 1.82) is 0 Å². The van der Waals surface area contributed by atoms with E-state index in [1.54, 1.807) is 0 Å². The number of nitrogens with zero attached hydrogens (tertiary/aromatic N) is 1. The molecule has 1 heterocycles. The molecule has 0 spiro atoms. The van der Waals surface area contributed by atoms with Crippen molar-refractivity contribution >= 4 is 11.8 Å². The summed E-state index contributed by atoms with van der Waals surface area (Å²) in [6, 6.07) is 3.98. The standard InChI is InChI=1S/C13H21NOS/c1-3-5-6-9-16-11-7-8-12(14-10-11)13(15)4-2/h7-8,10,13,15H,3-6,9H2,1-2H3/t13-/m0/s1. The Bertz CT molecular complexity index is 286. The van der Waals surface area contributed by atoms with E-state index in [4.69, 9.17) is 0 Å². The second kappa shape index (κ2) is 7.69. The highest BCUT2D eigenvalue weighted by Gasteiger charge is 2.05. The minimum atomic E-state index is -0.417. The molecule has 1 aromatic heterocycles. The summed E-state index contributed by atoms with van der Waals surface area (Å²) < 4.78 is 0. The predicted octanol–water partition coefficient (Wildman–Crippen LogP) is 3.81. The highest BCUT2D eigenvalue weighted by atomic mass is 32.2. The molecule has 1 aromatic rings. The van der Waals surface area contributed by atoms with Crippen LogP contribution in [0.3, 0.4) is 0 Å². The molecule has 0 aliphatic rings. The zero-order valence-electron chi connectivity index (χ0n) is 10.1. The minimum Gasteiger partial charge on any atom is -0.387 e. The number of rotatable bonds is 7. The molecule has 0 aliphatic heterocycles. The van der Waals surface area contributed by atoms with Gasteiger partial charge in [-0.15, -0.1) is 11.8 Å². The average Bonchev–Trinajstić information content (AvgIpc) is 2.34. The van der Waals surface area contributed by atoms with E-state index in [-0.39, 0.29) is 0 Å². The van der Waals surface area contributed by atoms with Gasteiger partial charge < -0.3 is 5.11 Å². The van der Waals surface area contributed by atoms with Gasteiger partial charge in [0.1, 0.15) is 0 Å². The number of aliphatic hydroxyl groups is 1. The van der Waals surface area contributed by atoms with Crippen LogP contribution in [-0.4, -0.2) is 15.8 Å². The van der Waals surface area contributed by atoms with Crippen LogP contribution in [0.1, 0.15) is 51.3 Å². The molecule has 1 N–H and O–H groups in total. The monoisotopic (exact) mass is 239 g/mol. The molecule has 0 saturated heterocycles. The van der Waals surface area contributed by atoms with Crippen molar-refractivity contribution in [1.82, 2.24) is 4.98 Å². The number of hydrogen-bond acceptors (Lipinski definition) is 3. The fourth-order valence-electron chi connectivity index (χ4n) is 1.43. The van der Waals surface area contributed by atoms with Gasteiger partial charge in [0, 0.05) is 11.1 Å². The Morgan fingerprint density at radius 2 is 2.12 bits per heavy atom. The third-order valence-electron chi connectivity index (χ3n) is 2.50. The Labute approximate surface area is 102 Å². The fraction of sp³-hybridized carbons (Fsp3) is 0.615. The zero-order valence-corrected chi connectivity index (χ0v) is 11.0. The first-order chi connectivity index (χ1) is 7.77. The Kier molecular flexibility index (Phi) is 6.50. The van der Waals surface area contributed by atoms with Gasteiger partial charge in [-0.3, -0.25) is 4.98 Å². The number of hydrogen-bond donors (Lipinski definition) is 1. The topological polar surface area (TPSA) is 33.1 Å². The molecule has 3 heteroatoms. The molecule has 0 saturated carbocycles. The lowest BCUT2D eigenvalue weighted by Gasteiger charge is -2.07. The molecule has 0 unspecified atom stereocenters. The molecule has 0 amide bonds. The molecule has 16 heavy (non-hydrogen) atoms.